The average Bonchev–Trinajstić information content (AvgIpc) is 3.23. The van der Waals surface area contributed by atoms with Gasteiger partial charge in [-0.05, 0) is 44.9 Å². The van der Waals surface area contributed by atoms with E-state index in [9.17, 15) is 14.4 Å². The summed E-state index contributed by atoms with van der Waals surface area (Å²) in [5.74, 6) is -0.860. The number of unbranched alkanes of at least 4 members (excludes halogenated alkanes) is 35. The van der Waals surface area contributed by atoms with Gasteiger partial charge in [-0.1, -0.05) is 238 Å². The van der Waals surface area contributed by atoms with E-state index in [4.69, 9.17) is 14.2 Å². The summed E-state index contributed by atoms with van der Waals surface area (Å²) in [4.78, 5) is 37.9. The summed E-state index contributed by atoms with van der Waals surface area (Å²) < 4.78 is 16.8. The standard InChI is InChI=1S/C53H100O6/c1-4-7-10-13-16-19-22-24-26-28-31-34-37-40-43-46-52(55)58-49-50(48-57-51(54)45-42-39-36-33-30-21-18-15-12-9-6-3)59-53(56)47-44-41-38-35-32-29-27-25-23-20-17-14-11-8-5-2/h25,27,50H,4-24,26,28-49H2,1-3H3/b27-25-. The summed E-state index contributed by atoms with van der Waals surface area (Å²) >= 11 is 0. The zero-order valence-corrected chi connectivity index (χ0v) is 39.8. The summed E-state index contributed by atoms with van der Waals surface area (Å²) in [5, 5.41) is 0. The molecule has 0 aliphatic carbocycles. The van der Waals surface area contributed by atoms with Gasteiger partial charge in [0.15, 0.2) is 6.10 Å². The van der Waals surface area contributed by atoms with Crippen LogP contribution in [0.1, 0.15) is 290 Å². The first-order valence-electron chi connectivity index (χ1n) is 26.2. The van der Waals surface area contributed by atoms with Crippen LogP contribution in [0.3, 0.4) is 0 Å². The molecule has 0 aromatic carbocycles. The smallest absolute Gasteiger partial charge is 0.306 e. The average molecular weight is 833 g/mol. The molecule has 6 nitrogen and oxygen atoms in total. The van der Waals surface area contributed by atoms with E-state index < -0.39 is 6.10 Å². The van der Waals surface area contributed by atoms with Crippen molar-refractivity contribution in [3.05, 3.63) is 12.2 Å². The van der Waals surface area contributed by atoms with Gasteiger partial charge in [0.2, 0.25) is 0 Å². The number of rotatable bonds is 48. The van der Waals surface area contributed by atoms with Crippen molar-refractivity contribution in [1.82, 2.24) is 0 Å². The molecule has 1 unspecified atom stereocenters. The molecule has 0 spiro atoms. The summed E-state index contributed by atoms with van der Waals surface area (Å²) in [6.07, 6.45) is 53.3. The first-order valence-corrected chi connectivity index (χ1v) is 26.2. The molecule has 0 amide bonds. The fourth-order valence-corrected chi connectivity index (χ4v) is 7.79. The van der Waals surface area contributed by atoms with Crippen LogP contribution in [-0.4, -0.2) is 37.2 Å². The van der Waals surface area contributed by atoms with Crippen LogP contribution in [-0.2, 0) is 28.6 Å². The Kier molecular flexibility index (Phi) is 47.3. The summed E-state index contributed by atoms with van der Waals surface area (Å²) in [5.41, 5.74) is 0. The molecule has 0 aromatic rings. The largest absolute Gasteiger partial charge is 0.462 e. The molecule has 0 rings (SSSR count). The van der Waals surface area contributed by atoms with Crippen molar-refractivity contribution >= 4 is 17.9 Å². The van der Waals surface area contributed by atoms with Crippen LogP contribution in [0.15, 0.2) is 12.2 Å². The van der Waals surface area contributed by atoms with Crippen LogP contribution in [0.4, 0.5) is 0 Å². The number of allylic oxidation sites excluding steroid dienone is 2. The number of hydrogen-bond acceptors (Lipinski definition) is 6. The second kappa shape index (κ2) is 48.8. The highest BCUT2D eigenvalue weighted by molar-refractivity contribution is 5.71. The SMILES string of the molecule is CCCCCCCC/C=C\CCCCCCCC(=O)OC(COC(=O)CCCCCCCCCCCCC)COC(=O)CCCCCCCCCCCCCCCCC. The molecule has 0 radical (unpaired) electrons. The summed E-state index contributed by atoms with van der Waals surface area (Å²) in [6, 6.07) is 0. The van der Waals surface area contributed by atoms with Gasteiger partial charge in [0.1, 0.15) is 13.2 Å². The summed E-state index contributed by atoms with van der Waals surface area (Å²) in [6.45, 7) is 6.65. The van der Waals surface area contributed by atoms with E-state index in [1.54, 1.807) is 0 Å². The van der Waals surface area contributed by atoms with Crippen molar-refractivity contribution < 1.29 is 28.6 Å². The normalized spacial score (nSPS) is 12.0. The fraction of sp³-hybridized carbons (Fsp3) is 0.906. The first-order chi connectivity index (χ1) is 29.0. The van der Waals surface area contributed by atoms with Crippen LogP contribution < -0.4 is 0 Å². The maximum absolute atomic E-state index is 12.8. The zero-order chi connectivity index (χ0) is 43.0. The van der Waals surface area contributed by atoms with Crippen LogP contribution in [0.25, 0.3) is 0 Å². The van der Waals surface area contributed by atoms with E-state index in [-0.39, 0.29) is 31.1 Å². The van der Waals surface area contributed by atoms with Gasteiger partial charge in [-0.25, -0.2) is 0 Å². The molecule has 0 saturated carbocycles. The second-order valence-corrected chi connectivity index (χ2v) is 17.8. The molecule has 0 aliphatic heterocycles. The molecule has 0 fully saturated rings. The Hall–Kier alpha value is -1.85. The highest BCUT2D eigenvalue weighted by atomic mass is 16.6. The van der Waals surface area contributed by atoms with Crippen molar-refractivity contribution in [1.29, 1.82) is 0 Å². The Morgan fingerprint density at radius 1 is 0.322 bits per heavy atom. The third kappa shape index (κ3) is 47.1. The maximum Gasteiger partial charge on any atom is 0.306 e. The topological polar surface area (TPSA) is 78.9 Å². The second-order valence-electron chi connectivity index (χ2n) is 17.8. The molecule has 59 heavy (non-hydrogen) atoms. The predicted molar refractivity (Wildman–Crippen MR) is 252 cm³/mol. The highest BCUT2D eigenvalue weighted by Gasteiger charge is 2.19. The quantitative estimate of drug-likeness (QED) is 0.0263. The van der Waals surface area contributed by atoms with E-state index in [0.29, 0.717) is 19.3 Å². The lowest BCUT2D eigenvalue weighted by Crippen LogP contribution is -2.30. The molecule has 0 bridgehead atoms. The van der Waals surface area contributed by atoms with Gasteiger partial charge in [0, 0.05) is 19.3 Å². The molecule has 348 valence electrons. The van der Waals surface area contributed by atoms with Crippen LogP contribution in [0, 0.1) is 0 Å². The Labute approximate surface area is 367 Å². The van der Waals surface area contributed by atoms with Crippen molar-refractivity contribution in [2.75, 3.05) is 13.2 Å². The fourth-order valence-electron chi connectivity index (χ4n) is 7.79. The number of carbonyl (C=O) groups excluding carboxylic acids is 3. The van der Waals surface area contributed by atoms with E-state index >= 15 is 0 Å². The van der Waals surface area contributed by atoms with Crippen molar-refractivity contribution in [2.24, 2.45) is 0 Å². The molecule has 0 aromatic heterocycles. The lowest BCUT2D eigenvalue weighted by atomic mass is 10.0. The number of carbonyl (C=O) groups is 3. The minimum atomic E-state index is -0.767. The lowest BCUT2D eigenvalue weighted by molar-refractivity contribution is -0.167. The van der Waals surface area contributed by atoms with Gasteiger partial charge in [-0.3, -0.25) is 14.4 Å². The molecule has 0 saturated heterocycles. The Balaban J connectivity index is 4.32. The monoisotopic (exact) mass is 833 g/mol. The minimum absolute atomic E-state index is 0.0680. The number of ether oxygens (including phenoxy) is 3. The molecule has 0 N–H and O–H groups in total. The van der Waals surface area contributed by atoms with Crippen molar-refractivity contribution in [3.63, 3.8) is 0 Å². The Bertz CT molecular complexity index is 916. The molecule has 0 aliphatic rings. The highest BCUT2D eigenvalue weighted by Crippen LogP contribution is 2.16. The molecular weight excluding hydrogens is 733 g/mol. The Morgan fingerprint density at radius 3 is 0.847 bits per heavy atom. The van der Waals surface area contributed by atoms with Crippen LogP contribution >= 0.6 is 0 Å². The first kappa shape index (κ1) is 57.1. The third-order valence-corrected chi connectivity index (χ3v) is 11.8. The maximum atomic E-state index is 12.8. The van der Waals surface area contributed by atoms with Gasteiger partial charge in [-0.15, -0.1) is 0 Å². The van der Waals surface area contributed by atoms with Gasteiger partial charge < -0.3 is 14.2 Å². The van der Waals surface area contributed by atoms with Gasteiger partial charge in [-0.2, -0.15) is 0 Å². The molecule has 1 atom stereocenters. The van der Waals surface area contributed by atoms with Crippen LogP contribution in [0.2, 0.25) is 0 Å². The molecule has 6 heteroatoms. The van der Waals surface area contributed by atoms with E-state index in [1.807, 2.05) is 0 Å². The van der Waals surface area contributed by atoms with E-state index in [2.05, 4.69) is 32.9 Å². The Morgan fingerprint density at radius 2 is 0.559 bits per heavy atom. The zero-order valence-electron chi connectivity index (χ0n) is 39.8. The number of hydrogen-bond donors (Lipinski definition) is 0. The van der Waals surface area contributed by atoms with E-state index in [1.165, 1.54) is 186 Å². The van der Waals surface area contributed by atoms with Crippen LogP contribution in [0.5, 0.6) is 0 Å². The van der Waals surface area contributed by atoms with Crippen molar-refractivity contribution in [3.8, 4) is 0 Å². The molecule has 0 heterocycles. The van der Waals surface area contributed by atoms with Gasteiger partial charge >= 0.3 is 17.9 Å². The van der Waals surface area contributed by atoms with E-state index in [0.717, 1.165) is 64.2 Å². The lowest BCUT2D eigenvalue weighted by Gasteiger charge is -2.18. The minimum Gasteiger partial charge on any atom is -0.462 e. The van der Waals surface area contributed by atoms with Gasteiger partial charge in [0.05, 0.1) is 0 Å². The number of esters is 3. The van der Waals surface area contributed by atoms with Crippen molar-refractivity contribution in [2.45, 2.75) is 297 Å². The van der Waals surface area contributed by atoms with Gasteiger partial charge in [0.25, 0.3) is 0 Å². The molecular formula is C53H100O6. The third-order valence-electron chi connectivity index (χ3n) is 11.8. The summed E-state index contributed by atoms with van der Waals surface area (Å²) in [7, 11) is 0. The predicted octanol–water partition coefficient (Wildman–Crippen LogP) is 17.0.